The van der Waals surface area contributed by atoms with Gasteiger partial charge in [0, 0.05) is 16.7 Å². The van der Waals surface area contributed by atoms with Crippen molar-refractivity contribution in [3.8, 4) is 11.3 Å². The van der Waals surface area contributed by atoms with Crippen LogP contribution in [0.2, 0.25) is 10.0 Å². The average molecular weight is 380 g/mol. The molecular weight excluding hydrogens is 361 g/mol. The third-order valence-corrected chi connectivity index (χ3v) is 5.40. The molecule has 1 aromatic heterocycles. The largest absolute Gasteiger partial charge is 0.253 e. The minimum Gasteiger partial charge on any atom is -0.253 e. The monoisotopic (exact) mass is 379 g/mol. The van der Waals surface area contributed by atoms with Gasteiger partial charge < -0.3 is 0 Å². The zero-order valence-corrected chi connectivity index (χ0v) is 15.9. The van der Waals surface area contributed by atoms with Crippen LogP contribution in [0.15, 0.2) is 45.8 Å². The van der Waals surface area contributed by atoms with Gasteiger partial charge in [0.15, 0.2) is 0 Å². The molecule has 1 aliphatic carbocycles. The predicted octanol–water partition coefficient (Wildman–Crippen LogP) is 5.78. The van der Waals surface area contributed by atoms with Gasteiger partial charge in [-0.2, -0.15) is 5.10 Å². The highest BCUT2D eigenvalue weighted by Crippen LogP contribution is 2.29. The van der Waals surface area contributed by atoms with Gasteiger partial charge in [0.1, 0.15) is 0 Å². The van der Waals surface area contributed by atoms with Crippen molar-refractivity contribution in [3.05, 3.63) is 50.6 Å². The van der Waals surface area contributed by atoms with Gasteiger partial charge in [-0.25, -0.2) is 4.68 Å². The van der Waals surface area contributed by atoms with E-state index in [1.54, 1.807) is 11.3 Å². The third kappa shape index (κ3) is 4.00. The van der Waals surface area contributed by atoms with Gasteiger partial charge in [-0.3, -0.25) is 4.99 Å². The molecule has 0 atom stereocenters. The number of rotatable bonds is 4. The predicted molar refractivity (Wildman–Crippen MR) is 104 cm³/mol. The fraction of sp³-hybridized carbons (Fsp3) is 0.333. The van der Waals surface area contributed by atoms with Crippen LogP contribution < -0.4 is 4.80 Å². The molecule has 0 aliphatic heterocycles. The Balaban J connectivity index is 2.11. The Bertz CT molecular complexity index is 853. The number of hydrogen-bond donors (Lipinski definition) is 0. The lowest BCUT2D eigenvalue weighted by Gasteiger charge is -2.06. The van der Waals surface area contributed by atoms with Crippen LogP contribution in [0.5, 0.6) is 0 Å². The summed E-state index contributed by atoms with van der Waals surface area (Å²) in [6, 6.07) is 5.65. The zero-order valence-electron chi connectivity index (χ0n) is 13.6. The molecular formula is C18H19Cl2N3S. The fourth-order valence-electron chi connectivity index (χ4n) is 2.59. The standard InChI is InChI=1S/C18H19Cl2N3S/c1-12(2)10-21-18-23(22-14-5-3-4-6-14)17(11-24-18)13-7-8-15(19)16(20)9-13/h7-9,11H,1,3-6,10H2,2H3. The lowest BCUT2D eigenvalue weighted by atomic mass is 10.2. The third-order valence-electron chi connectivity index (χ3n) is 3.81. The van der Waals surface area contributed by atoms with Gasteiger partial charge in [-0.15, -0.1) is 11.3 Å². The minimum absolute atomic E-state index is 0.542. The number of hydrogen-bond acceptors (Lipinski definition) is 3. The first-order valence-electron chi connectivity index (χ1n) is 7.92. The summed E-state index contributed by atoms with van der Waals surface area (Å²) >= 11 is 13.8. The van der Waals surface area contributed by atoms with Crippen LogP contribution in [-0.4, -0.2) is 16.9 Å². The van der Waals surface area contributed by atoms with E-state index in [9.17, 15) is 0 Å². The number of halogens is 2. The summed E-state index contributed by atoms with van der Waals surface area (Å²) in [5.41, 5.74) is 4.23. The van der Waals surface area contributed by atoms with E-state index < -0.39 is 0 Å². The SMILES string of the molecule is C=C(C)CN=c1scc(-c2ccc(Cl)c(Cl)c2)n1N=C1CCCC1. The number of aromatic nitrogens is 1. The van der Waals surface area contributed by atoms with E-state index >= 15 is 0 Å². The van der Waals surface area contributed by atoms with Crippen molar-refractivity contribution >= 4 is 40.3 Å². The minimum atomic E-state index is 0.542. The van der Waals surface area contributed by atoms with Crippen LogP contribution in [0, 0.1) is 0 Å². The Morgan fingerprint density at radius 3 is 2.67 bits per heavy atom. The van der Waals surface area contributed by atoms with Crippen LogP contribution in [0.25, 0.3) is 11.3 Å². The van der Waals surface area contributed by atoms with Crippen LogP contribution in [0.3, 0.4) is 0 Å². The van der Waals surface area contributed by atoms with Crippen LogP contribution in [0.4, 0.5) is 0 Å². The second-order valence-corrected chi connectivity index (χ2v) is 7.64. The molecule has 1 aromatic carbocycles. The molecule has 24 heavy (non-hydrogen) atoms. The molecule has 1 saturated carbocycles. The van der Waals surface area contributed by atoms with E-state index in [1.807, 2.05) is 29.8 Å². The first kappa shape index (κ1) is 17.5. The molecule has 3 nitrogen and oxygen atoms in total. The number of nitrogens with zero attached hydrogens (tertiary/aromatic N) is 3. The number of benzene rings is 1. The van der Waals surface area contributed by atoms with Crippen molar-refractivity contribution in [3.63, 3.8) is 0 Å². The van der Waals surface area contributed by atoms with Crippen LogP contribution >= 0.6 is 34.5 Å². The maximum absolute atomic E-state index is 6.19. The summed E-state index contributed by atoms with van der Waals surface area (Å²) in [6.45, 7) is 6.50. The van der Waals surface area contributed by atoms with Gasteiger partial charge >= 0.3 is 0 Å². The van der Waals surface area contributed by atoms with E-state index in [2.05, 4.69) is 17.0 Å². The van der Waals surface area contributed by atoms with E-state index in [1.165, 1.54) is 18.6 Å². The molecule has 0 amide bonds. The molecule has 1 fully saturated rings. The lowest BCUT2D eigenvalue weighted by Crippen LogP contribution is -2.14. The smallest absolute Gasteiger partial charge is 0.206 e. The molecule has 0 spiro atoms. The number of thiazole rings is 1. The van der Waals surface area contributed by atoms with Gasteiger partial charge in [-0.05, 0) is 44.7 Å². The van der Waals surface area contributed by atoms with E-state index in [-0.39, 0.29) is 0 Å². The summed E-state index contributed by atoms with van der Waals surface area (Å²) in [5, 5.41) is 8.03. The highest BCUT2D eigenvalue weighted by atomic mass is 35.5. The molecule has 0 N–H and O–H groups in total. The molecule has 1 aliphatic rings. The summed E-state index contributed by atoms with van der Waals surface area (Å²) in [7, 11) is 0. The average Bonchev–Trinajstić information content (AvgIpc) is 3.19. The normalized spacial score (nSPS) is 15.1. The van der Waals surface area contributed by atoms with Gasteiger partial charge in [-0.1, -0.05) is 41.4 Å². The van der Waals surface area contributed by atoms with Crippen molar-refractivity contribution in [2.24, 2.45) is 10.1 Å². The highest BCUT2D eigenvalue weighted by molar-refractivity contribution is 7.07. The van der Waals surface area contributed by atoms with E-state index in [0.29, 0.717) is 16.6 Å². The lowest BCUT2D eigenvalue weighted by molar-refractivity contribution is 0.824. The Morgan fingerprint density at radius 1 is 1.25 bits per heavy atom. The second-order valence-electron chi connectivity index (χ2n) is 5.99. The van der Waals surface area contributed by atoms with Gasteiger partial charge in [0.25, 0.3) is 0 Å². The maximum atomic E-state index is 6.19. The van der Waals surface area contributed by atoms with Gasteiger partial charge in [0.05, 0.1) is 22.3 Å². The van der Waals surface area contributed by atoms with Crippen LogP contribution in [0.1, 0.15) is 32.6 Å². The molecule has 0 bridgehead atoms. The second kappa shape index (κ2) is 7.68. The fourth-order valence-corrected chi connectivity index (χ4v) is 3.71. The molecule has 6 heteroatoms. The summed E-state index contributed by atoms with van der Waals surface area (Å²) in [4.78, 5) is 5.52. The Labute approximate surface area is 156 Å². The molecule has 0 radical (unpaired) electrons. The Morgan fingerprint density at radius 2 is 2.00 bits per heavy atom. The molecule has 0 saturated heterocycles. The molecule has 1 heterocycles. The topological polar surface area (TPSA) is 29.6 Å². The summed E-state index contributed by atoms with van der Waals surface area (Å²) < 4.78 is 1.94. The van der Waals surface area contributed by atoms with E-state index in [0.717, 1.165) is 34.5 Å². The molecule has 3 rings (SSSR count). The van der Waals surface area contributed by atoms with E-state index in [4.69, 9.17) is 28.3 Å². The first-order chi connectivity index (χ1) is 11.5. The maximum Gasteiger partial charge on any atom is 0.206 e. The van der Waals surface area contributed by atoms with Crippen molar-refractivity contribution in [2.45, 2.75) is 32.6 Å². The highest BCUT2D eigenvalue weighted by Gasteiger charge is 2.13. The molecule has 2 aromatic rings. The van der Waals surface area contributed by atoms with Crippen molar-refractivity contribution in [1.82, 2.24) is 4.68 Å². The van der Waals surface area contributed by atoms with Gasteiger partial charge in [0.2, 0.25) is 4.80 Å². The zero-order chi connectivity index (χ0) is 17.1. The summed E-state index contributed by atoms with van der Waals surface area (Å²) in [5.74, 6) is 0. The molecule has 126 valence electrons. The quantitative estimate of drug-likeness (QED) is 0.602. The first-order valence-corrected chi connectivity index (χ1v) is 9.55. The van der Waals surface area contributed by atoms with Crippen molar-refractivity contribution < 1.29 is 0 Å². The van der Waals surface area contributed by atoms with Crippen molar-refractivity contribution in [1.29, 1.82) is 0 Å². The Hall–Kier alpha value is -1.36. The molecule has 0 unspecified atom stereocenters. The Kier molecular flexibility index (Phi) is 5.59. The van der Waals surface area contributed by atoms with Crippen LogP contribution in [-0.2, 0) is 0 Å². The van der Waals surface area contributed by atoms with Crippen molar-refractivity contribution in [2.75, 3.05) is 6.54 Å². The summed E-state index contributed by atoms with van der Waals surface area (Å²) in [6.07, 6.45) is 4.54.